The zero-order valence-electron chi connectivity index (χ0n) is 14.0. The summed E-state index contributed by atoms with van der Waals surface area (Å²) in [5, 5.41) is 7.32. The van der Waals surface area contributed by atoms with Gasteiger partial charge in [-0.25, -0.2) is 8.42 Å². The highest BCUT2D eigenvalue weighted by Crippen LogP contribution is 2.28. The summed E-state index contributed by atoms with van der Waals surface area (Å²) in [6.45, 7) is 0.452. The molecule has 0 N–H and O–H groups in total. The predicted octanol–water partition coefficient (Wildman–Crippen LogP) is 2.75. The molecule has 0 bridgehead atoms. The minimum Gasteiger partial charge on any atom is -0.408 e. The van der Waals surface area contributed by atoms with Crippen LogP contribution in [0.15, 0.2) is 58.2 Å². The molecule has 1 aliphatic rings. The molecule has 1 amide bonds. The lowest BCUT2D eigenvalue weighted by Gasteiger charge is -2.16. The Labute approximate surface area is 160 Å². The Morgan fingerprint density at radius 3 is 2.63 bits per heavy atom. The quantitative estimate of drug-likeness (QED) is 0.665. The minimum absolute atomic E-state index is 0.0456. The third kappa shape index (κ3) is 3.45. The molecule has 0 spiro atoms. The third-order valence-electron chi connectivity index (χ3n) is 4.27. The van der Waals surface area contributed by atoms with Gasteiger partial charge in [-0.2, -0.15) is 0 Å². The van der Waals surface area contributed by atoms with Crippen LogP contribution in [0.3, 0.4) is 0 Å². The van der Waals surface area contributed by atoms with Crippen molar-refractivity contribution in [3.63, 3.8) is 0 Å². The lowest BCUT2D eigenvalue weighted by Crippen LogP contribution is -2.34. The molecule has 0 saturated carbocycles. The van der Waals surface area contributed by atoms with Gasteiger partial charge in [-0.3, -0.25) is 4.79 Å². The number of carbonyl (C=O) groups is 1. The van der Waals surface area contributed by atoms with Crippen LogP contribution < -0.4 is 4.90 Å². The van der Waals surface area contributed by atoms with E-state index in [-0.39, 0.29) is 5.89 Å². The first kappa shape index (κ1) is 17.7. The zero-order valence-corrected chi connectivity index (χ0v) is 15.6. The van der Waals surface area contributed by atoms with E-state index in [1.165, 1.54) is 4.90 Å². The van der Waals surface area contributed by atoms with Gasteiger partial charge in [0.1, 0.15) is 5.75 Å². The fraction of sp³-hybridized carbons (Fsp3) is 0.167. The van der Waals surface area contributed by atoms with Crippen molar-refractivity contribution in [3.8, 4) is 11.5 Å². The molecular weight excluding hydrogens is 390 g/mol. The number of anilines is 1. The Hall–Kier alpha value is -2.71. The van der Waals surface area contributed by atoms with Gasteiger partial charge in [0.05, 0.1) is 0 Å². The molecule has 2 aromatic carbocycles. The van der Waals surface area contributed by atoms with Gasteiger partial charge in [-0.15, -0.1) is 5.10 Å². The number of amides is 1. The number of para-hydroxylation sites is 1. The van der Waals surface area contributed by atoms with Crippen molar-refractivity contribution < 1.29 is 17.6 Å². The van der Waals surface area contributed by atoms with E-state index < -0.39 is 26.7 Å². The number of benzene rings is 2. The molecule has 9 heteroatoms. The van der Waals surface area contributed by atoms with Crippen LogP contribution in [0.2, 0.25) is 5.02 Å². The fourth-order valence-electron chi connectivity index (χ4n) is 2.94. The molecule has 27 heavy (non-hydrogen) atoms. The summed E-state index contributed by atoms with van der Waals surface area (Å²) in [7, 11) is -4.05. The standard InChI is InChI=1S/C18H14ClN3O4S/c19-14-7-5-13(6-8-14)17-20-21-18(26-17)27(24,25)11-16(23)22-10-9-12-3-1-2-4-15(12)22/h1-8H,9-11H2. The molecular formula is C18H14ClN3O4S. The number of nitrogens with zero attached hydrogens (tertiary/aromatic N) is 3. The SMILES string of the molecule is O=C(CS(=O)(=O)c1nnc(-c2ccc(Cl)cc2)o1)N1CCc2ccccc21. The lowest BCUT2D eigenvalue weighted by molar-refractivity contribution is -0.116. The van der Waals surface area contributed by atoms with Gasteiger partial charge >= 0.3 is 5.22 Å². The zero-order chi connectivity index (χ0) is 19.0. The summed E-state index contributed by atoms with van der Waals surface area (Å²) in [6.07, 6.45) is 0.698. The van der Waals surface area contributed by atoms with Crippen molar-refractivity contribution in [2.45, 2.75) is 11.6 Å². The van der Waals surface area contributed by atoms with Crippen molar-refractivity contribution in [2.75, 3.05) is 17.2 Å². The number of rotatable bonds is 4. The molecule has 0 unspecified atom stereocenters. The van der Waals surface area contributed by atoms with Crippen LogP contribution >= 0.6 is 11.6 Å². The molecule has 0 radical (unpaired) electrons. The van der Waals surface area contributed by atoms with Crippen LogP contribution in [0.25, 0.3) is 11.5 Å². The number of halogens is 1. The van der Waals surface area contributed by atoms with Crippen LogP contribution in [0.1, 0.15) is 5.56 Å². The number of aromatic nitrogens is 2. The Bertz CT molecular complexity index is 1110. The van der Waals surface area contributed by atoms with Gasteiger partial charge in [0.2, 0.25) is 21.6 Å². The molecule has 2 heterocycles. The van der Waals surface area contributed by atoms with Gasteiger partial charge in [-0.05, 0) is 42.3 Å². The van der Waals surface area contributed by atoms with Crippen LogP contribution in [0.5, 0.6) is 0 Å². The van der Waals surface area contributed by atoms with Crippen LogP contribution in [-0.2, 0) is 21.1 Å². The highest BCUT2D eigenvalue weighted by molar-refractivity contribution is 7.91. The van der Waals surface area contributed by atoms with Crippen LogP contribution in [0, 0.1) is 0 Å². The minimum atomic E-state index is -4.05. The highest BCUT2D eigenvalue weighted by Gasteiger charge is 2.31. The second-order valence-electron chi connectivity index (χ2n) is 6.06. The average Bonchev–Trinajstić information content (AvgIpc) is 3.30. The summed E-state index contributed by atoms with van der Waals surface area (Å²) in [5.41, 5.74) is 2.30. The summed E-state index contributed by atoms with van der Waals surface area (Å²) < 4.78 is 30.4. The van der Waals surface area contributed by atoms with Gasteiger partial charge in [-0.1, -0.05) is 34.9 Å². The lowest BCUT2D eigenvalue weighted by atomic mass is 10.2. The highest BCUT2D eigenvalue weighted by atomic mass is 35.5. The number of hydrogen-bond donors (Lipinski definition) is 0. The molecule has 3 aromatic rings. The molecule has 0 atom stereocenters. The summed E-state index contributed by atoms with van der Waals surface area (Å²) in [5.74, 6) is -1.21. The molecule has 1 aromatic heterocycles. The van der Waals surface area contributed by atoms with Crippen molar-refractivity contribution in [2.24, 2.45) is 0 Å². The van der Waals surface area contributed by atoms with E-state index in [4.69, 9.17) is 16.0 Å². The topological polar surface area (TPSA) is 93.4 Å². The summed E-state index contributed by atoms with van der Waals surface area (Å²) in [4.78, 5) is 14.0. The second kappa shape index (κ2) is 6.79. The predicted molar refractivity (Wildman–Crippen MR) is 99.3 cm³/mol. The van der Waals surface area contributed by atoms with Crippen LogP contribution in [-0.4, -0.2) is 36.8 Å². The number of sulfone groups is 1. The monoisotopic (exact) mass is 403 g/mol. The maximum Gasteiger partial charge on any atom is 0.336 e. The first-order valence-electron chi connectivity index (χ1n) is 8.14. The van der Waals surface area contributed by atoms with Gasteiger partial charge in [0, 0.05) is 22.8 Å². The van der Waals surface area contributed by atoms with E-state index >= 15 is 0 Å². The molecule has 1 aliphatic heterocycles. The van der Waals surface area contributed by atoms with Gasteiger partial charge < -0.3 is 9.32 Å². The second-order valence-corrected chi connectivity index (χ2v) is 8.37. The largest absolute Gasteiger partial charge is 0.408 e. The van der Waals surface area contributed by atoms with Crippen molar-refractivity contribution >= 4 is 33.0 Å². The van der Waals surface area contributed by atoms with E-state index in [0.717, 1.165) is 11.3 Å². The summed E-state index contributed by atoms with van der Waals surface area (Å²) >= 11 is 5.83. The summed E-state index contributed by atoms with van der Waals surface area (Å²) in [6, 6.07) is 14.0. The van der Waals surface area contributed by atoms with Gasteiger partial charge in [0.15, 0.2) is 0 Å². The first-order chi connectivity index (χ1) is 12.9. The molecule has 4 rings (SSSR count). The Morgan fingerprint density at radius 1 is 1.11 bits per heavy atom. The van der Waals surface area contributed by atoms with Crippen molar-refractivity contribution in [3.05, 3.63) is 59.1 Å². The molecule has 0 aliphatic carbocycles. The van der Waals surface area contributed by atoms with E-state index in [1.54, 1.807) is 30.3 Å². The first-order valence-corrected chi connectivity index (χ1v) is 10.2. The van der Waals surface area contributed by atoms with Crippen molar-refractivity contribution in [1.29, 1.82) is 0 Å². The normalized spacial score (nSPS) is 13.6. The van der Waals surface area contributed by atoms with Gasteiger partial charge in [0.25, 0.3) is 0 Å². The third-order valence-corrected chi connectivity index (χ3v) is 5.84. The molecule has 7 nitrogen and oxygen atoms in total. The Kier molecular flexibility index (Phi) is 4.45. The smallest absolute Gasteiger partial charge is 0.336 e. The van der Waals surface area contributed by atoms with E-state index in [1.807, 2.05) is 18.2 Å². The number of fused-ring (bicyclic) bond motifs is 1. The van der Waals surface area contributed by atoms with E-state index in [2.05, 4.69) is 10.2 Å². The van der Waals surface area contributed by atoms with Crippen LogP contribution in [0.4, 0.5) is 5.69 Å². The van der Waals surface area contributed by atoms with Crippen molar-refractivity contribution in [1.82, 2.24) is 10.2 Å². The average molecular weight is 404 g/mol. The Balaban J connectivity index is 1.54. The maximum atomic E-state index is 12.6. The number of carbonyl (C=O) groups excluding carboxylic acids is 1. The Morgan fingerprint density at radius 2 is 1.85 bits per heavy atom. The molecule has 138 valence electrons. The molecule has 0 fully saturated rings. The fourth-order valence-corrected chi connectivity index (χ4v) is 4.05. The van der Waals surface area contributed by atoms with E-state index in [9.17, 15) is 13.2 Å². The maximum absolute atomic E-state index is 12.6. The van der Waals surface area contributed by atoms with E-state index in [0.29, 0.717) is 23.6 Å². The number of hydrogen-bond acceptors (Lipinski definition) is 6. The molecule has 0 saturated heterocycles.